The summed E-state index contributed by atoms with van der Waals surface area (Å²) in [4.78, 5) is 2.46. The zero-order valence-corrected chi connectivity index (χ0v) is 28.7. The molecule has 1 aliphatic rings. The molecular weight excluding hydrogens is 627 g/mol. The summed E-state index contributed by atoms with van der Waals surface area (Å²) in [5.74, 6) is 0. The summed E-state index contributed by atoms with van der Waals surface area (Å²) in [5, 5.41) is 4.95. The molecule has 0 unspecified atom stereocenters. The molecule has 52 heavy (non-hydrogen) atoms. The molecule has 9 aromatic rings. The van der Waals surface area contributed by atoms with E-state index in [0.717, 1.165) is 17.1 Å². The van der Waals surface area contributed by atoms with Gasteiger partial charge in [0.1, 0.15) is 0 Å². The molecule has 10 rings (SSSR count). The standard InChI is InChI=1S/C51H35N/c1-3-18-42(19-4-1)51(43-20-5-2-6-21-43)47-23-12-11-22-46(47)50-48(51)24-13-25-49(50)52(45-33-30-37-15-8-10-17-40(37)35-45)44-31-28-38(29-32-44)41-27-26-36-14-7-9-16-39(36)34-41/h1-35H. The molecule has 0 saturated heterocycles. The minimum absolute atomic E-state index is 0.473. The summed E-state index contributed by atoms with van der Waals surface area (Å²) in [5.41, 5.74) is 13.0. The summed E-state index contributed by atoms with van der Waals surface area (Å²) in [6, 6.07) is 77.8. The van der Waals surface area contributed by atoms with Crippen LogP contribution in [0.4, 0.5) is 17.1 Å². The van der Waals surface area contributed by atoms with Crippen molar-refractivity contribution in [2.75, 3.05) is 4.90 Å². The van der Waals surface area contributed by atoms with Crippen LogP contribution in [0.15, 0.2) is 212 Å². The minimum Gasteiger partial charge on any atom is -0.310 e. The van der Waals surface area contributed by atoms with Gasteiger partial charge in [0.05, 0.1) is 11.1 Å². The van der Waals surface area contributed by atoms with E-state index < -0.39 is 5.41 Å². The van der Waals surface area contributed by atoms with Gasteiger partial charge in [-0.25, -0.2) is 0 Å². The lowest BCUT2D eigenvalue weighted by molar-refractivity contribution is 0.768. The average Bonchev–Trinajstić information content (AvgIpc) is 3.53. The maximum Gasteiger partial charge on any atom is 0.0714 e. The smallest absolute Gasteiger partial charge is 0.0714 e. The van der Waals surface area contributed by atoms with E-state index in [-0.39, 0.29) is 0 Å². The molecule has 0 radical (unpaired) electrons. The van der Waals surface area contributed by atoms with Crippen molar-refractivity contribution < 1.29 is 0 Å². The van der Waals surface area contributed by atoms with Crippen LogP contribution in [-0.4, -0.2) is 0 Å². The molecule has 0 spiro atoms. The lowest BCUT2D eigenvalue weighted by Gasteiger charge is -2.34. The van der Waals surface area contributed by atoms with Crippen LogP contribution in [0.5, 0.6) is 0 Å². The van der Waals surface area contributed by atoms with Crippen molar-refractivity contribution >= 4 is 38.6 Å². The topological polar surface area (TPSA) is 3.24 Å². The van der Waals surface area contributed by atoms with E-state index in [4.69, 9.17) is 0 Å². The van der Waals surface area contributed by atoms with Crippen LogP contribution in [0.1, 0.15) is 22.3 Å². The molecule has 0 aromatic heterocycles. The number of benzene rings is 9. The highest BCUT2D eigenvalue weighted by Crippen LogP contribution is 2.59. The van der Waals surface area contributed by atoms with Crippen LogP contribution in [0, 0.1) is 0 Å². The summed E-state index contributed by atoms with van der Waals surface area (Å²) in [6.45, 7) is 0. The SMILES string of the molecule is c1ccc(C2(c3ccccc3)c3ccccc3-c3c(N(c4ccc(-c5ccc6ccccc6c5)cc4)c4ccc5ccccc5c4)cccc32)cc1. The van der Waals surface area contributed by atoms with Gasteiger partial charge in [0.2, 0.25) is 0 Å². The normalized spacial score (nSPS) is 12.8. The third-order valence-corrected chi connectivity index (χ3v) is 10.9. The van der Waals surface area contributed by atoms with Gasteiger partial charge < -0.3 is 4.90 Å². The van der Waals surface area contributed by atoms with Gasteiger partial charge in [-0.3, -0.25) is 0 Å². The molecule has 0 aliphatic heterocycles. The van der Waals surface area contributed by atoms with Crippen LogP contribution in [0.25, 0.3) is 43.8 Å². The fourth-order valence-electron chi connectivity index (χ4n) is 8.58. The number of hydrogen-bond acceptors (Lipinski definition) is 1. The molecule has 0 bridgehead atoms. The Labute approximate surface area is 304 Å². The zero-order chi connectivity index (χ0) is 34.5. The van der Waals surface area contributed by atoms with Gasteiger partial charge in [0, 0.05) is 16.9 Å². The zero-order valence-electron chi connectivity index (χ0n) is 28.7. The number of nitrogens with zero attached hydrogens (tertiary/aromatic N) is 1. The molecule has 1 aliphatic carbocycles. The first-order valence-electron chi connectivity index (χ1n) is 18.0. The van der Waals surface area contributed by atoms with Crippen molar-refractivity contribution in [3.63, 3.8) is 0 Å². The Balaban J connectivity index is 1.22. The summed E-state index contributed by atoms with van der Waals surface area (Å²) in [7, 11) is 0. The van der Waals surface area contributed by atoms with Crippen molar-refractivity contribution in [1.29, 1.82) is 0 Å². The van der Waals surface area contributed by atoms with Crippen molar-refractivity contribution in [3.8, 4) is 22.3 Å². The third-order valence-electron chi connectivity index (χ3n) is 10.9. The Bertz CT molecular complexity index is 2690. The van der Waals surface area contributed by atoms with Crippen LogP contribution in [0.3, 0.4) is 0 Å². The highest BCUT2D eigenvalue weighted by atomic mass is 15.1. The van der Waals surface area contributed by atoms with Crippen molar-refractivity contribution in [2.24, 2.45) is 0 Å². The third kappa shape index (κ3) is 4.71. The number of rotatable bonds is 6. The molecule has 0 fully saturated rings. The lowest BCUT2D eigenvalue weighted by atomic mass is 9.68. The van der Waals surface area contributed by atoms with Crippen LogP contribution in [0.2, 0.25) is 0 Å². The van der Waals surface area contributed by atoms with Gasteiger partial charge in [0.25, 0.3) is 0 Å². The van der Waals surface area contributed by atoms with Gasteiger partial charge >= 0.3 is 0 Å². The van der Waals surface area contributed by atoms with E-state index >= 15 is 0 Å². The van der Waals surface area contributed by atoms with Gasteiger partial charge in [-0.1, -0.05) is 176 Å². The van der Waals surface area contributed by atoms with E-state index in [0.29, 0.717) is 0 Å². The second-order valence-corrected chi connectivity index (χ2v) is 13.7. The van der Waals surface area contributed by atoms with Crippen molar-refractivity contribution in [2.45, 2.75) is 5.41 Å². The van der Waals surface area contributed by atoms with E-state index in [1.807, 2.05) is 0 Å². The predicted octanol–water partition coefficient (Wildman–Crippen LogP) is 13.5. The number of hydrogen-bond donors (Lipinski definition) is 0. The maximum atomic E-state index is 2.46. The lowest BCUT2D eigenvalue weighted by Crippen LogP contribution is -2.28. The first-order valence-corrected chi connectivity index (χ1v) is 18.0. The van der Waals surface area contributed by atoms with E-state index in [1.165, 1.54) is 66.1 Å². The molecular formula is C51H35N. The first kappa shape index (κ1) is 30.2. The van der Waals surface area contributed by atoms with Crippen molar-refractivity contribution in [3.05, 3.63) is 235 Å². The fraction of sp³-hybridized carbons (Fsp3) is 0.0196. The summed E-state index contributed by atoms with van der Waals surface area (Å²) in [6.07, 6.45) is 0. The second-order valence-electron chi connectivity index (χ2n) is 13.7. The number of fused-ring (bicyclic) bond motifs is 5. The molecule has 0 amide bonds. The van der Waals surface area contributed by atoms with Gasteiger partial charge in [-0.2, -0.15) is 0 Å². The highest BCUT2D eigenvalue weighted by molar-refractivity contribution is 5.99. The van der Waals surface area contributed by atoms with Crippen molar-refractivity contribution in [1.82, 2.24) is 0 Å². The Morgan fingerprint density at radius 1 is 0.327 bits per heavy atom. The Morgan fingerprint density at radius 2 is 0.846 bits per heavy atom. The molecule has 244 valence electrons. The number of anilines is 3. The summed E-state index contributed by atoms with van der Waals surface area (Å²) >= 11 is 0. The maximum absolute atomic E-state index is 2.46. The molecule has 0 heterocycles. The minimum atomic E-state index is -0.473. The Hall–Kier alpha value is -6.70. The quantitative estimate of drug-likeness (QED) is 0.171. The van der Waals surface area contributed by atoms with Gasteiger partial charge in [-0.05, 0) is 96.9 Å². The second kappa shape index (κ2) is 12.3. The average molecular weight is 662 g/mol. The van der Waals surface area contributed by atoms with E-state index in [9.17, 15) is 0 Å². The van der Waals surface area contributed by atoms with Crippen LogP contribution < -0.4 is 4.90 Å². The molecule has 0 saturated carbocycles. The molecule has 1 heteroatoms. The highest BCUT2D eigenvalue weighted by Gasteiger charge is 2.47. The fourth-order valence-corrected chi connectivity index (χ4v) is 8.58. The Morgan fingerprint density at radius 3 is 1.54 bits per heavy atom. The van der Waals surface area contributed by atoms with E-state index in [1.54, 1.807) is 0 Å². The van der Waals surface area contributed by atoms with Crippen LogP contribution in [-0.2, 0) is 5.41 Å². The largest absolute Gasteiger partial charge is 0.310 e. The molecule has 0 atom stereocenters. The first-order chi connectivity index (χ1) is 25.8. The Kier molecular flexibility index (Phi) is 7.11. The van der Waals surface area contributed by atoms with Gasteiger partial charge in [0.15, 0.2) is 0 Å². The molecule has 9 aromatic carbocycles. The molecule has 1 nitrogen and oxygen atoms in total. The van der Waals surface area contributed by atoms with Gasteiger partial charge in [-0.15, -0.1) is 0 Å². The summed E-state index contributed by atoms with van der Waals surface area (Å²) < 4.78 is 0. The molecule has 0 N–H and O–H groups in total. The van der Waals surface area contributed by atoms with E-state index in [2.05, 4.69) is 217 Å². The predicted molar refractivity (Wildman–Crippen MR) is 219 cm³/mol. The van der Waals surface area contributed by atoms with Crippen LogP contribution >= 0.6 is 0 Å². The monoisotopic (exact) mass is 661 g/mol.